The number of anilines is 1. The highest BCUT2D eigenvalue weighted by Crippen LogP contribution is 2.23. The van der Waals surface area contributed by atoms with Crippen molar-refractivity contribution in [1.29, 1.82) is 0 Å². The molecule has 1 heterocycles. The Hall–Kier alpha value is -2.05. The summed E-state index contributed by atoms with van der Waals surface area (Å²) in [7, 11) is 1.35. The number of aromatic amines is 1. The Morgan fingerprint density at radius 1 is 1.67 bits per heavy atom. The van der Waals surface area contributed by atoms with Gasteiger partial charge in [-0.3, -0.25) is 9.59 Å². The van der Waals surface area contributed by atoms with Gasteiger partial charge in [-0.1, -0.05) is 6.92 Å². The van der Waals surface area contributed by atoms with Crippen LogP contribution in [0.2, 0.25) is 0 Å². The number of carbonyl (C=O) groups is 1. The minimum Gasteiger partial charge on any atom is -0.489 e. The number of nitrogens with one attached hydrogen (secondary N) is 1. The standard InChI is InChI=1S/C11H17N3O4/c1-4-7(2)14(5-8(15)16)10-9(18-3)11(17)13-6-12-10/h6-7H,4-5H2,1-3H3,(H,15,16)(H,12,13,17). The van der Waals surface area contributed by atoms with Gasteiger partial charge in [0.15, 0.2) is 5.82 Å². The first-order valence-electron chi connectivity index (χ1n) is 5.61. The van der Waals surface area contributed by atoms with Gasteiger partial charge in [0, 0.05) is 6.04 Å². The normalized spacial score (nSPS) is 11.9. The number of hydrogen-bond acceptors (Lipinski definition) is 5. The molecule has 0 bridgehead atoms. The van der Waals surface area contributed by atoms with Crippen molar-refractivity contribution < 1.29 is 14.6 Å². The number of hydrogen-bond donors (Lipinski definition) is 2. The molecule has 7 nitrogen and oxygen atoms in total. The second-order valence-corrected chi connectivity index (χ2v) is 3.87. The van der Waals surface area contributed by atoms with Gasteiger partial charge in [0.25, 0.3) is 5.56 Å². The maximum absolute atomic E-state index is 11.6. The van der Waals surface area contributed by atoms with Crippen molar-refractivity contribution in [2.24, 2.45) is 0 Å². The molecule has 18 heavy (non-hydrogen) atoms. The number of aliphatic carboxylic acids is 1. The molecule has 1 aromatic heterocycles. The zero-order chi connectivity index (χ0) is 13.7. The SMILES string of the molecule is CCC(C)N(CC(=O)O)c1nc[nH]c(=O)c1OC. The Bertz CT molecular complexity index is 472. The van der Waals surface area contributed by atoms with E-state index in [9.17, 15) is 9.59 Å². The van der Waals surface area contributed by atoms with Crippen molar-refractivity contribution in [3.63, 3.8) is 0 Å². The molecule has 1 unspecified atom stereocenters. The third-order valence-electron chi connectivity index (χ3n) is 2.70. The zero-order valence-electron chi connectivity index (χ0n) is 10.6. The van der Waals surface area contributed by atoms with E-state index < -0.39 is 11.5 Å². The highest BCUT2D eigenvalue weighted by Gasteiger charge is 2.22. The molecular formula is C11H17N3O4. The topological polar surface area (TPSA) is 95.5 Å². The first-order chi connectivity index (χ1) is 8.51. The van der Waals surface area contributed by atoms with Gasteiger partial charge in [-0.25, -0.2) is 4.98 Å². The molecule has 0 amide bonds. The zero-order valence-corrected chi connectivity index (χ0v) is 10.6. The Morgan fingerprint density at radius 2 is 2.33 bits per heavy atom. The molecule has 0 radical (unpaired) electrons. The maximum atomic E-state index is 11.6. The fraction of sp³-hybridized carbons (Fsp3) is 0.545. The Labute approximate surface area is 104 Å². The number of methoxy groups -OCH3 is 1. The van der Waals surface area contributed by atoms with Gasteiger partial charge in [-0.05, 0) is 13.3 Å². The first-order valence-corrected chi connectivity index (χ1v) is 5.61. The van der Waals surface area contributed by atoms with Crippen molar-refractivity contribution in [2.45, 2.75) is 26.3 Å². The van der Waals surface area contributed by atoms with E-state index in [1.54, 1.807) is 0 Å². The van der Waals surface area contributed by atoms with Crippen LogP contribution in [-0.4, -0.2) is 40.7 Å². The van der Waals surface area contributed by atoms with E-state index in [2.05, 4.69) is 9.97 Å². The average Bonchev–Trinajstić information content (AvgIpc) is 2.34. The van der Waals surface area contributed by atoms with Crippen LogP contribution >= 0.6 is 0 Å². The Balaban J connectivity index is 3.24. The summed E-state index contributed by atoms with van der Waals surface area (Å²) >= 11 is 0. The van der Waals surface area contributed by atoms with Crippen molar-refractivity contribution in [1.82, 2.24) is 9.97 Å². The molecule has 2 N–H and O–H groups in total. The molecule has 0 aromatic carbocycles. The number of nitrogens with zero attached hydrogens (tertiary/aromatic N) is 2. The number of H-pyrrole nitrogens is 1. The van der Waals surface area contributed by atoms with Crippen LogP contribution < -0.4 is 15.2 Å². The molecular weight excluding hydrogens is 238 g/mol. The lowest BCUT2D eigenvalue weighted by atomic mass is 10.2. The van der Waals surface area contributed by atoms with Crippen molar-refractivity contribution in [2.75, 3.05) is 18.6 Å². The lowest BCUT2D eigenvalue weighted by Crippen LogP contribution is -2.38. The second kappa shape index (κ2) is 6.04. The summed E-state index contributed by atoms with van der Waals surface area (Å²) < 4.78 is 4.99. The van der Waals surface area contributed by atoms with E-state index in [0.717, 1.165) is 6.42 Å². The molecule has 0 saturated carbocycles. The Kier molecular flexibility index (Phi) is 4.70. The lowest BCUT2D eigenvalue weighted by Gasteiger charge is -2.28. The first kappa shape index (κ1) is 14.0. The quantitative estimate of drug-likeness (QED) is 0.767. The number of aromatic nitrogens is 2. The third-order valence-corrected chi connectivity index (χ3v) is 2.70. The van der Waals surface area contributed by atoms with Crippen LogP contribution in [0.1, 0.15) is 20.3 Å². The lowest BCUT2D eigenvalue weighted by molar-refractivity contribution is -0.135. The predicted octanol–water partition coefficient (Wildman–Crippen LogP) is 0.468. The van der Waals surface area contributed by atoms with Crippen LogP contribution in [0.4, 0.5) is 5.82 Å². The molecule has 0 aliphatic rings. The van der Waals surface area contributed by atoms with Crippen molar-refractivity contribution in [3.05, 3.63) is 16.7 Å². The summed E-state index contributed by atoms with van der Waals surface area (Å²) in [6.45, 7) is 3.56. The van der Waals surface area contributed by atoms with Gasteiger partial charge in [0.1, 0.15) is 6.54 Å². The maximum Gasteiger partial charge on any atom is 0.323 e. The van der Waals surface area contributed by atoms with E-state index in [1.807, 2.05) is 13.8 Å². The van der Waals surface area contributed by atoms with Crippen molar-refractivity contribution >= 4 is 11.8 Å². The van der Waals surface area contributed by atoms with Crippen LogP contribution in [-0.2, 0) is 4.79 Å². The number of rotatable bonds is 6. The molecule has 0 saturated heterocycles. The van der Waals surface area contributed by atoms with E-state index in [1.165, 1.54) is 18.3 Å². The molecule has 1 rings (SSSR count). The fourth-order valence-electron chi connectivity index (χ4n) is 1.57. The van der Waals surface area contributed by atoms with E-state index in [0.29, 0.717) is 0 Å². The van der Waals surface area contributed by atoms with Gasteiger partial charge in [-0.15, -0.1) is 0 Å². The molecule has 0 fully saturated rings. The van der Waals surface area contributed by atoms with Crippen LogP contribution in [0.25, 0.3) is 0 Å². The molecule has 100 valence electrons. The summed E-state index contributed by atoms with van der Waals surface area (Å²) in [4.78, 5) is 30.4. The molecule has 0 spiro atoms. The van der Waals surface area contributed by atoms with E-state index in [-0.39, 0.29) is 24.2 Å². The van der Waals surface area contributed by atoms with Crippen LogP contribution in [0.3, 0.4) is 0 Å². The van der Waals surface area contributed by atoms with E-state index >= 15 is 0 Å². The number of carboxylic acids is 1. The summed E-state index contributed by atoms with van der Waals surface area (Å²) in [5, 5.41) is 8.93. The minimum atomic E-state index is -0.987. The summed E-state index contributed by atoms with van der Waals surface area (Å²) in [6, 6.07) is -0.0655. The predicted molar refractivity (Wildman–Crippen MR) is 66.1 cm³/mol. The smallest absolute Gasteiger partial charge is 0.323 e. The Morgan fingerprint density at radius 3 is 2.83 bits per heavy atom. The van der Waals surface area contributed by atoms with Gasteiger partial charge in [-0.2, -0.15) is 0 Å². The summed E-state index contributed by atoms with van der Waals surface area (Å²) in [6.07, 6.45) is 1.96. The molecule has 1 aromatic rings. The molecule has 1 atom stereocenters. The van der Waals surface area contributed by atoms with Crippen molar-refractivity contribution in [3.8, 4) is 5.75 Å². The van der Waals surface area contributed by atoms with Gasteiger partial charge in [0.05, 0.1) is 13.4 Å². The molecule has 0 aliphatic heterocycles. The van der Waals surface area contributed by atoms with Crippen LogP contribution in [0, 0.1) is 0 Å². The van der Waals surface area contributed by atoms with Gasteiger partial charge in [0.2, 0.25) is 5.75 Å². The fourth-order valence-corrected chi connectivity index (χ4v) is 1.57. The van der Waals surface area contributed by atoms with Gasteiger partial charge < -0.3 is 19.7 Å². The summed E-state index contributed by atoms with van der Waals surface area (Å²) in [5.41, 5.74) is -0.429. The largest absolute Gasteiger partial charge is 0.489 e. The van der Waals surface area contributed by atoms with Crippen LogP contribution in [0.5, 0.6) is 5.75 Å². The highest BCUT2D eigenvalue weighted by atomic mass is 16.5. The minimum absolute atomic E-state index is 0.0269. The molecule has 0 aliphatic carbocycles. The van der Waals surface area contributed by atoms with Crippen LogP contribution in [0.15, 0.2) is 11.1 Å². The average molecular weight is 255 g/mol. The number of carboxylic acid groups (broad SMARTS) is 1. The van der Waals surface area contributed by atoms with Gasteiger partial charge >= 0.3 is 5.97 Å². The van der Waals surface area contributed by atoms with E-state index in [4.69, 9.17) is 9.84 Å². The second-order valence-electron chi connectivity index (χ2n) is 3.87. The monoisotopic (exact) mass is 255 g/mol. The molecule has 7 heteroatoms. The summed E-state index contributed by atoms with van der Waals surface area (Å²) in [5.74, 6) is -0.712. The highest BCUT2D eigenvalue weighted by molar-refractivity contribution is 5.74. The number of ether oxygens (including phenoxy) is 1. The third kappa shape index (κ3) is 2.99.